The molecule has 0 radical (unpaired) electrons. The van der Waals surface area contributed by atoms with E-state index in [-0.39, 0.29) is 0 Å². The van der Waals surface area contributed by atoms with Crippen molar-refractivity contribution in [1.82, 2.24) is 19.1 Å². The summed E-state index contributed by atoms with van der Waals surface area (Å²) in [4.78, 5) is 25.1. The number of hydrogen-bond donors (Lipinski definition) is 0. The van der Waals surface area contributed by atoms with Crippen molar-refractivity contribution in [3.8, 4) is 45.3 Å². The molecule has 0 saturated heterocycles. The lowest BCUT2D eigenvalue weighted by molar-refractivity contribution is 1.17. The van der Waals surface area contributed by atoms with Crippen LogP contribution in [0.3, 0.4) is 0 Å². The SMILES string of the molecule is [C-]#[N+]c1cccc(-c2cc(-c3cc([N+]#[C-])c(-n4c5ccccc5c5cc(-n6c7ccccc7c7ccccc76)ccc54)c([N+]#[C-])c3)nc(-c3cccc([N+]#[C-])c3)n2)c1. The molecule has 0 spiro atoms. The van der Waals surface area contributed by atoms with Gasteiger partial charge >= 0.3 is 0 Å². The molecule has 0 aliphatic heterocycles. The van der Waals surface area contributed by atoms with Crippen molar-refractivity contribution in [3.63, 3.8) is 0 Å². The van der Waals surface area contributed by atoms with E-state index in [0.29, 0.717) is 56.8 Å². The highest BCUT2D eigenvalue weighted by molar-refractivity contribution is 6.13. The lowest BCUT2D eigenvalue weighted by Crippen LogP contribution is -1.98. The molecule has 8 heteroatoms. The molecule has 3 heterocycles. The highest BCUT2D eigenvalue weighted by Crippen LogP contribution is 2.44. The molecule has 0 aliphatic rings. The highest BCUT2D eigenvalue weighted by atomic mass is 15.0. The molecule has 0 amide bonds. The summed E-state index contributed by atoms with van der Waals surface area (Å²) in [6, 6.07) is 51.0. The molecular formula is C50H26N8. The van der Waals surface area contributed by atoms with E-state index < -0.39 is 0 Å². The molecule has 0 saturated carbocycles. The Bertz CT molecular complexity index is 3360. The van der Waals surface area contributed by atoms with E-state index in [2.05, 4.69) is 96.7 Å². The molecule has 8 nitrogen and oxygen atoms in total. The topological polar surface area (TPSA) is 53.1 Å². The number of benzene rings is 7. The van der Waals surface area contributed by atoms with Crippen molar-refractivity contribution in [2.45, 2.75) is 0 Å². The van der Waals surface area contributed by atoms with Gasteiger partial charge in [-0.05, 0) is 77.9 Å². The largest absolute Gasteiger partial charge is 0.329 e. The Morgan fingerprint density at radius 3 is 1.47 bits per heavy atom. The summed E-state index contributed by atoms with van der Waals surface area (Å²) in [5.74, 6) is 0.380. The van der Waals surface area contributed by atoms with Crippen LogP contribution in [-0.2, 0) is 0 Å². The van der Waals surface area contributed by atoms with Crippen LogP contribution in [-0.4, -0.2) is 19.1 Å². The molecule has 7 aromatic carbocycles. The standard InChI is InChI=1S/C50H26N8/c1-51-34-15-11-13-31(25-34)41-30-42(56-50(55-41)32-14-12-16-35(26-32)52-2)33-27-43(53-3)49(44(28-33)54-4)58-47-22-10-7-19-39(47)40-29-36(23-24-48(40)58)57-45-20-8-5-17-37(45)38-18-6-9-21-46(38)57/h5-30H. The van der Waals surface area contributed by atoms with Crippen LogP contribution in [0.15, 0.2) is 158 Å². The Kier molecular flexibility index (Phi) is 7.84. The van der Waals surface area contributed by atoms with Gasteiger partial charge in [-0.25, -0.2) is 29.3 Å². The van der Waals surface area contributed by atoms with Crippen LogP contribution in [0.4, 0.5) is 22.7 Å². The zero-order valence-corrected chi connectivity index (χ0v) is 30.6. The number of aromatic nitrogens is 4. The fourth-order valence-corrected chi connectivity index (χ4v) is 8.01. The molecule has 0 bridgehead atoms. The van der Waals surface area contributed by atoms with Gasteiger partial charge in [-0.2, -0.15) is 0 Å². The molecule has 10 rings (SSSR count). The van der Waals surface area contributed by atoms with Crippen LogP contribution < -0.4 is 0 Å². The van der Waals surface area contributed by atoms with Gasteiger partial charge in [0.25, 0.3) is 0 Å². The maximum atomic E-state index is 8.48. The molecule has 0 atom stereocenters. The van der Waals surface area contributed by atoms with Gasteiger partial charge in [0.2, 0.25) is 11.4 Å². The third-order valence-corrected chi connectivity index (χ3v) is 10.6. The molecule has 58 heavy (non-hydrogen) atoms. The van der Waals surface area contributed by atoms with E-state index in [1.165, 1.54) is 10.8 Å². The van der Waals surface area contributed by atoms with Gasteiger partial charge in [0.05, 0.1) is 65.4 Å². The summed E-state index contributed by atoms with van der Waals surface area (Å²) in [6.45, 7) is 32.1. The molecular weight excluding hydrogens is 713 g/mol. The van der Waals surface area contributed by atoms with Crippen molar-refractivity contribution in [1.29, 1.82) is 0 Å². The van der Waals surface area contributed by atoms with Gasteiger partial charge in [0.1, 0.15) is 0 Å². The first kappa shape index (κ1) is 33.7. The van der Waals surface area contributed by atoms with Crippen molar-refractivity contribution < 1.29 is 0 Å². The second kappa shape index (κ2) is 13.5. The third-order valence-electron chi connectivity index (χ3n) is 10.6. The average molecular weight is 739 g/mol. The minimum absolute atomic E-state index is 0.296. The Morgan fingerprint density at radius 2 is 0.879 bits per heavy atom. The van der Waals surface area contributed by atoms with Crippen LogP contribution >= 0.6 is 0 Å². The molecule has 10 aromatic rings. The van der Waals surface area contributed by atoms with Crippen LogP contribution in [0.2, 0.25) is 0 Å². The van der Waals surface area contributed by atoms with Gasteiger partial charge in [0, 0.05) is 32.8 Å². The maximum absolute atomic E-state index is 8.48. The predicted octanol–water partition coefficient (Wildman–Crippen LogP) is 13.9. The highest BCUT2D eigenvalue weighted by Gasteiger charge is 2.22. The van der Waals surface area contributed by atoms with Crippen molar-refractivity contribution in [2.75, 3.05) is 0 Å². The van der Waals surface area contributed by atoms with Crippen LogP contribution in [0.1, 0.15) is 0 Å². The van der Waals surface area contributed by atoms with Gasteiger partial charge in [0.15, 0.2) is 17.2 Å². The summed E-state index contributed by atoms with van der Waals surface area (Å²) in [5, 5.41) is 4.37. The Morgan fingerprint density at radius 1 is 0.379 bits per heavy atom. The summed E-state index contributed by atoms with van der Waals surface area (Å²) in [7, 11) is 0. The van der Waals surface area contributed by atoms with E-state index in [4.69, 9.17) is 36.3 Å². The second-order valence-corrected chi connectivity index (χ2v) is 13.8. The Hall–Kier alpha value is -8.82. The van der Waals surface area contributed by atoms with Crippen molar-refractivity contribution in [3.05, 3.63) is 203 Å². The minimum atomic E-state index is 0.296. The number of para-hydroxylation sites is 3. The van der Waals surface area contributed by atoms with Gasteiger partial charge in [-0.1, -0.05) is 91.0 Å². The first-order valence-corrected chi connectivity index (χ1v) is 18.4. The molecule has 0 unspecified atom stereocenters. The number of rotatable bonds is 5. The van der Waals surface area contributed by atoms with E-state index >= 15 is 0 Å². The molecule has 0 fully saturated rings. The summed E-state index contributed by atoms with van der Waals surface area (Å²) >= 11 is 0. The van der Waals surface area contributed by atoms with Gasteiger partial charge in [-0.3, -0.25) is 0 Å². The smallest absolute Gasteiger partial charge is 0.200 e. The third kappa shape index (κ3) is 5.35. The van der Waals surface area contributed by atoms with E-state index in [1.54, 1.807) is 42.5 Å². The minimum Gasteiger partial charge on any atom is -0.329 e. The fraction of sp³-hybridized carbons (Fsp3) is 0. The Balaban J connectivity index is 1.18. The Labute approximate surface area is 333 Å². The average Bonchev–Trinajstić information content (AvgIpc) is 3.80. The maximum Gasteiger partial charge on any atom is 0.200 e. The van der Waals surface area contributed by atoms with Crippen molar-refractivity contribution >= 4 is 66.4 Å². The molecule has 0 N–H and O–H groups in total. The first-order valence-electron chi connectivity index (χ1n) is 18.4. The first-order chi connectivity index (χ1) is 28.6. The number of nitrogens with zero attached hydrogens (tertiary/aromatic N) is 8. The van der Waals surface area contributed by atoms with Gasteiger partial charge < -0.3 is 9.13 Å². The lowest BCUT2D eigenvalue weighted by Gasteiger charge is -2.16. The van der Waals surface area contributed by atoms with E-state index in [1.807, 2.05) is 47.0 Å². The van der Waals surface area contributed by atoms with E-state index in [9.17, 15) is 0 Å². The molecule has 266 valence electrons. The second-order valence-electron chi connectivity index (χ2n) is 13.8. The van der Waals surface area contributed by atoms with E-state index in [0.717, 1.165) is 44.1 Å². The van der Waals surface area contributed by atoms with Crippen LogP contribution in [0.5, 0.6) is 0 Å². The normalized spacial score (nSPS) is 11.0. The van der Waals surface area contributed by atoms with Crippen LogP contribution in [0.25, 0.3) is 108 Å². The monoisotopic (exact) mass is 738 g/mol. The predicted molar refractivity (Wildman–Crippen MR) is 232 cm³/mol. The van der Waals surface area contributed by atoms with Crippen molar-refractivity contribution in [2.24, 2.45) is 0 Å². The number of hydrogen-bond acceptors (Lipinski definition) is 2. The molecule has 0 aliphatic carbocycles. The fourth-order valence-electron chi connectivity index (χ4n) is 8.01. The zero-order valence-electron chi connectivity index (χ0n) is 30.6. The lowest BCUT2D eigenvalue weighted by atomic mass is 10.0. The summed E-state index contributed by atoms with van der Waals surface area (Å²) in [6.07, 6.45) is 0. The quantitative estimate of drug-likeness (QED) is 0.165. The summed E-state index contributed by atoms with van der Waals surface area (Å²) < 4.78 is 4.33. The number of fused-ring (bicyclic) bond motifs is 6. The molecule has 3 aromatic heterocycles. The van der Waals surface area contributed by atoms with Crippen LogP contribution in [0, 0.1) is 26.3 Å². The van der Waals surface area contributed by atoms with Gasteiger partial charge in [-0.15, -0.1) is 0 Å². The summed E-state index contributed by atoms with van der Waals surface area (Å²) in [5.41, 5.74) is 10.0. The zero-order chi connectivity index (χ0) is 39.3.